The van der Waals surface area contributed by atoms with Crippen LogP contribution in [-0.2, 0) is 4.79 Å². The van der Waals surface area contributed by atoms with Gasteiger partial charge in [-0.1, -0.05) is 6.92 Å². The Labute approximate surface area is 149 Å². The molecule has 1 aromatic heterocycles. The van der Waals surface area contributed by atoms with Crippen LogP contribution in [0.2, 0.25) is 0 Å². The zero-order valence-electron chi connectivity index (χ0n) is 14.5. The van der Waals surface area contributed by atoms with Crippen LogP contribution in [0.4, 0.5) is 11.4 Å². The molecule has 2 aromatic rings. The van der Waals surface area contributed by atoms with Crippen LogP contribution in [0.15, 0.2) is 23.3 Å². The summed E-state index contributed by atoms with van der Waals surface area (Å²) in [7, 11) is 0. The van der Waals surface area contributed by atoms with Crippen molar-refractivity contribution in [3.63, 3.8) is 0 Å². The van der Waals surface area contributed by atoms with Gasteiger partial charge in [-0.05, 0) is 25.3 Å². The van der Waals surface area contributed by atoms with Crippen molar-refractivity contribution in [1.82, 2.24) is 15.3 Å². The molecule has 1 saturated heterocycles. The molecule has 9 nitrogen and oxygen atoms in total. The summed E-state index contributed by atoms with van der Waals surface area (Å²) >= 11 is 0. The van der Waals surface area contributed by atoms with Gasteiger partial charge >= 0.3 is 0 Å². The average molecular weight is 359 g/mol. The minimum absolute atomic E-state index is 0.0189. The van der Waals surface area contributed by atoms with Crippen molar-refractivity contribution in [2.24, 2.45) is 5.92 Å². The number of piperidine rings is 1. The molecule has 1 aliphatic heterocycles. The molecular formula is C17H21N5O4. The molecule has 0 bridgehead atoms. The number of carbonyl (C=O) groups is 1. The number of H-pyrrole nitrogens is 1. The van der Waals surface area contributed by atoms with Crippen LogP contribution in [0, 0.1) is 16.0 Å². The quantitative estimate of drug-likeness (QED) is 0.617. The molecule has 1 fully saturated rings. The standard InChI is InChI=1S/C17H21N5O4/c1-2-5-18-16(23)11-4-3-6-21(9-11)14-8-13-12(7-15(14)22(25)26)17(24)20-10-19-13/h7-8,10-11H,2-6,9H2,1H3,(H,18,23)(H,19,20,24). The van der Waals surface area contributed by atoms with Gasteiger partial charge in [-0.3, -0.25) is 19.7 Å². The summed E-state index contributed by atoms with van der Waals surface area (Å²) in [6.45, 7) is 3.64. The van der Waals surface area contributed by atoms with E-state index in [2.05, 4.69) is 15.3 Å². The van der Waals surface area contributed by atoms with Gasteiger partial charge in [-0.2, -0.15) is 0 Å². The molecule has 0 aliphatic carbocycles. The Morgan fingerprint density at radius 3 is 3.04 bits per heavy atom. The highest BCUT2D eigenvalue weighted by Gasteiger charge is 2.29. The summed E-state index contributed by atoms with van der Waals surface area (Å²) in [6.07, 6.45) is 3.66. The van der Waals surface area contributed by atoms with Gasteiger partial charge in [0.25, 0.3) is 11.2 Å². The summed E-state index contributed by atoms with van der Waals surface area (Å²) in [5.74, 6) is -0.229. The number of nitro benzene ring substituents is 1. The van der Waals surface area contributed by atoms with E-state index in [1.54, 1.807) is 6.07 Å². The molecule has 2 heterocycles. The second kappa shape index (κ2) is 7.51. The largest absolute Gasteiger partial charge is 0.365 e. The molecule has 9 heteroatoms. The number of nitrogens with one attached hydrogen (secondary N) is 2. The van der Waals surface area contributed by atoms with Crippen molar-refractivity contribution in [2.75, 3.05) is 24.5 Å². The van der Waals surface area contributed by atoms with Gasteiger partial charge in [0.15, 0.2) is 0 Å². The summed E-state index contributed by atoms with van der Waals surface area (Å²) in [4.78, 5) is 43.6. The predicted octanol–water partition coefficient (Wildman–Crippen LogP) is 1.57. The van der Waals surface area contributed by atoms with E-state index < -0.39 is 10.5 Å². The van der Waals surface area contributed by atoms with E-state index in [4.69, 9.17) is 0 Å². The van der Waals surface area contributed by atoms with E-state index in [0.717, 1.165) is 19.3 Å². The van der Waals surface area contributed by atoms with Crippen molar-refractivity contribution in [3.8, 4) is 0 Å². The summed E-state index contributed by atoms with van der Waals surface area (Å²) in [5.41, 5.74) is 0.228. The van der Waals surface area contributed by atoms with E-state index in [9.17, 15) is 19.7 Å². The number of carbonyl (C=O) groups excluding carboxylic acids is 1. The lowest BCUT2D eigenvalue weighted by atomic mass is 9.96. The number of fused-ring (bicyclic) bond motifs is 1. The molecule has 138 valence electrons. The molecule has 1 unspecified atom stereocenters. The first-order chi connectivity index (χ1) is 12.5. The van der Waals surface area contributed by atoms with E-state index in [-0.39, 0.29) is 22.9 Å². The van der Waals surface area contributed by atoms with Crippen LogP contribution in [-0.4, -0.2) is 40.4 Å². The Hall–Kier alpha value is -2.97. The van der Waals surface area contributed by atoms with Crippen LogP contribution in [0.25, 0.3) is 10.9 Å². The number of benzene rings is 1. The smallest absolute Gasteiger partial charge is 0.293 e. The maximum atomic E-state index is 12.3. The molecule has 1 aromatic carbocycles. The van der Waals surface area contributed by atoms with Crippen LogP contribution in [0.1, 0.15) is 26.2 Å². The number of nitrogens with zero attached hydrogens (tertiary/aromatic N) is 3. The van der Waals surface area contributed by atoms with E-state index in [0.29, 0.717) is 30.8 Å². The van der Waals surface area contributed by atoms with Gasteiger partial charge < -0.3 is 15.2 Å². The third-order valence-corrected chi connectivity index (χ3v) is 4.62. The molecule has 3 rings (SSSR count). The number of hydrogen-bond acceptors (Lipinski definition) is 6. The lowest BCUT2D eigenvalue weighted by Crippen LogP contribution is -2.43. The minimum Gasteiger partial charge on any atom is -0.365 e. The van der Waals surface area contributed by atoms with Gasteiger partial charge in [0.2, 0.25) is 5.91 Å². The fourth-order valence-electron chi connectivity index (χ4n) is 3.29. The number of aromatic amines is 1. The molecular weight excluding hydrogens is 338 g/mol. The average Bonchev–Trinajstić information content (AvgIpc) is 2.65. The Bertz CT molecular complexity index is 894. The molecule has 0 saturated carbocycles. The van der Waals surface area contributed by atoms with Gasteiger partial charge in [-0.25, -0.2) is 4.98 Å². The number of hydrogen-bond donors (Lipinski definition) is 2. The predicted molar refractivity (Wildman–Crippen MR) is 97.3 cm³/mol. The third-order valence-electron chi connectivity index (χ3n) is 4.62. The zero-order chi connectivity index (χ0) is 18.7. The van der Waals surface area contributed by atoms with Gasteiger partial charge in [0, 0.05) is 25.7 Å². The first-order valence-corrected chi connectivity index (χ1v) is 8.69. The van der Waals surface area contributed by atoms with Crippen molar-refractivity contribution >= 4 is 28.2 Å². The summed E-state index contributed by atoms with van der Waals surface area (Å²) < 4.78 is 0. The monoisotopic (exact) mass is 359 g/mol. The van der Waals surface area contributed by atoms with E-state index in [1.807, 2.05) is 11.8 Å². The highest BCUT2D eigenvalue weighted by atomic mass is 16.6. The number of anilines is 1. The third kappa shape index (κ3) is 3.51. The first kappa shape index (κ1) is 17.8. The second-order valence-electron chi connectivity index (χ2n) is 6.42. The number of aromatic nitrogens is 2. The van der Waals surface area contributed by atoms with Crippen LogP contribution < -0.4 is 15.8 Å². The summed E-state index contributed by atoms with van der Waals surface area (Å²) in [6, 6.07) is 2.83. The van der Waals surface area contributed by atoms with Gasteiger partial charge in [0.05, 0.1) is 28.1 Å². The topological polar surface area (TPSA) is 121 Å². The first-order valence-electron chi connectivity index (χ1n) is 8.69. The molecule has 0 spiro atoms. The highest BCUT2D eigenvalue weighted by Crippen LogP contribution is 2.34. The SMILES string of the molecule is CCCNC(=O)C1CCCN(c2cc3nc[nH]c(=O)c3cc2[N+](=O)[O-])C1. The molecule has 26 heavy (non-hydrogen) atoms. The van der Waals surface area contributed by atoms with E-state index >= 15 is 0 Å². The highest BCUT2D eigenvalue weighted by molar-refractivity contribution is 5.87. The fourth-order valence-corrected chi connectivity index (χ4v) is 3.29. The van der Waals surface area contributed by atoms with Crippen LogP contribution in [0.5, 0.6) is 0 Å². The second-order valence-corrected chi connectivity index (χ2v) is 6.42. The number of amides is 1. The molecule has 1 atom stereocenters. The lowest BCUT2D eigenvalue weighted by Gasteiger charge is -2.33. The van der Waals surface area contributed by atoms with Crippen molar-refractivity contribution < 1.29 is 9.72 Å². The van der Waals surface area contributed by atoms with Crippen LogP contribution in [0.3, 0.4) is 0 Å². The molecule has 1 amide bonds. The molecule has 1 aliphatic rings. The molecule has 2 N–H and O–H groups in total. The lowest BCUT2D eigenvalue weighted by molar-refractivity contribution is -0.384. The number of rotatable bonds is 5. The Kier molecular flexibility index (Phi) is 5.15. The Balaban J connectivity index is 1.95. The van der Waals surface area contributed by atoms with Gasteiger partial charge in [0.1, 0.15) is 5.69 Å². The Morgan fingerprint density at radius 1 is 1.50 bits per heavy atom. The Morgan fingerprint density at radius 2 is 2.31 bits per heavy atom. The summed E-state index contributed by atoms with van der Waals surface area (Å²) in [5, 5.41) is 14.6. The van der Waals surface area contributed by atoms with Crippen molar-refractivity contribution in [1.29, 1.82) is 0 Å². The van der Waals surface area contributed by atoms with Crippen molar-refractivity contribution in [2.45, 2.75) is 26.2 Å². The zero-order valence-corrected chi connectivity index (χ0v) is 14.5. The van der Waals surface area contributed by atoms with Crippen LogP contribution >= 0.6 is 0 Å². The van der Waals surface area contributed by atoms with E-state index in [1.165, 1.54) is 12.4 Å². The maximum absolute atomic E-state index is 12.3. The minimum atomic E-state index is -0.498. The van der Waals surface area contributed by atoms with Gasteiger partial charge in [-0.15, -0.1) is 0 Å². The normalized spacial score (nSPS) is 17.3. The maximum Gasteiger partial charge on any atom is 0.293 e. The van der Waals surface area contributed by atoms with Crippen molar-refractivity contribution in [3.05, 3.63) is 38.9 Å². The molecule has 0 radical (unpaired) electrons. The number of nitro groups is 1. The fraction of sp³-hybridized carbons (Fsp3) is 0.471.